The maximum atomic E-state index is 3.57. The molecule has 0 saturated heterocycles. The summed E-state index contributed by atoms with van der Waals surface area (Å²) in [4.78, 5) is 0. The van der Waals surface area contributed by atoms with E-state index in [0.717, 1.165) is 0 Å². The van der Waals surface area contributed by atoms with Crippen LogP contribution in [0.15, 0.2) is 176 Å². The summed E-state index contributed by atoms with van der Waals surface area (Å²) in [6.45, 7) is 0. The summed E-state index contributed by atoms with van der Waals surface area (Å²) < 4.78 is 0. The Labute approximate surface area is 321 Å². The summed E-state index contributed by atoms with van der Waals surface area (Å²) in [6, 6.07) is 64.6. The average Bonchev–Trinajstić information content (AvgIpc) is 3.95. The first-order valence-corrected chi connectivity index (χ1v) is 19.1. The highest BCUT2D eigenvalue weighted by molar-refractivity contribution is 6.11. The molecular formula is C55H32. The molecule has 0 fully saturated rings. The Kier molecular flexibility index (Phi) is 6.50. The molecule has 0 spiro atoms. The molecule has 0 aliphatic heterocycles. The second kappa shape index (κ2) is 11.7. The minimum atomic E-state index is 1.17. The Balaban J connectivity index is 0.942. The van der Waals surface area contributed by atoms with Gasteiger partial charge >= 0.3 is 0 Å². The number of hydrogen-bond acceptors (Lipinski definition) is 0. The van der Waals surface area contributed by atoms with E-state index in [2.05, 4.69) is 201 Å². The van der Waals surface area contributed by atoms with E-state index in [4.69, 9.17) is 0 Å². The van der Waals surface area contributed by atoms with Crippen molar-refractivity contribution in [2.75, 3.05) is 0 Å². The van der Waals surface area contributed by atoms with E-state index in [1.54, 1.807) is 0 Å². The lowest BCUT2D eigenvalue weighted by Crippen LogP contribution is -1.86. The minimum absolute atomic E-state index is 1.17. The number of hydrogen-bond donors (Lipinski definition) is 0. The molecule has 0 atom stereocenters. The first-order chi connectivity index (χ1) is 27.2. The van der Waals surface area contributed by atoms with Gasteiger partial charge in [-0.1, -0.05) is 158 Å². The highest BCUT2D eigenvalue weighted by atomic mass is 14.3. The SMILES string of the molecule is [C]1c2ccccc2-c2cc(/C=C3/c4ccccc4-c4cc(/C=C5\c6ccccc6-c6cc(C=C7c8ccccc8-c8ccccc87)ccc65)ccc43)ccc21. The Morgan fingerprint density at radius 2 is 0.545 bits per heavy atom. The molecule has 0 saturated carbocycles. The Bertz CT molecular complexity index is 3000. The van der Waals surface area contributed by atoms with Crippen molar-refractivity contribution >= 4 is 34.9 Å². The van der Waals surface area contributed by atoms with Crippen molar-refractivity contribution in [2.45, 2.75) is 0 Å². The third-order valence-corrected chi connectivity index (χ3v) is 11.9. The topological polar surface area (TPSA) is 0 Å². The molecule has 4 aliphatic carbocycles. The number of benzene rings is 8. The van der Waals surface area contributed by atoms with Gasteiger partial charge in [0.25, 0.3) is 0 Å². The van der Waals surface area contributed by atoms with Crippen molar-refractivity contribution in [3.05, 3.63) is 244 Å². The Morgan fingerprint density at radius 1 is 0.236 bits per heavy atom. The van der Waals surface area contributed by atoms with Gasteiger partial charge in [0.15, 0.2) is 0 Å². The van der Waals surface area contributed by atoms with Crippen LogP contribution in [0.1, 0.15) is 61.2 Å². The molecule has 55 heavy (non-hydrogen) atoms. The summed E-state index contributed by atoms with van der Waals surface area (Å²) >= 11 is 0. The van der Waals surface area contributed by atoms with Gasteiger partial charge < -0.3 is 0 Å². The molecule has 0 heteroatoms. The average molecular weight is 693 g/mol. The van der Waals surface area contributed by atoms with Crippen LogP contribution in [0.25, 0.3) is 79.5 Å². The molecule has 0 unspecified atom stereocenters. The quantitative estimate of drug-likeness (QED) is 0.173. The normalized spacial score (nSPS) is 14.9. The van der Waals surface area contributed by atoms with Crippen LogP contribution < -0.4 is 0 Å². The summed E-state index contributed by atoms with van der Waals surface area (Å²) in [5.74, 6) is 0. The molecule has 0 heterocycles. The molecular weight excluding hydrogens is 661 g/mol. The van der Waals surface area contributed by atoms with Crippen LogP contribution in [0.2, 0.25) is 0 Å². The third kappa shape index (κ3) is 4.65. The Hall–Kier alpha value is -7.02. The fraction of sp³-hybridized carbons (Fsp3) is 0. The predicted octanol–water partition coefficient (Wildman–Crippen LogP) is 13.9. The molecule has 8 aromatic rings. The van der Waals surface area contributed by atoms with Crippen molar-refractivity contribution in [1.82, 2.24) is 0 Å². The molecule has 252 valence electrons. The number of rotatable bonds is 3. The highest BCUT2D eigenvalue weighted by Gasteiger charge is 2.27. The molecule has 0 nitrogen and oxygen atoms in total. The highest BCUT2D eigenvalue weighted by Crippen LogP contribution is 2.50. The molecule has 4 aliphatic rings. The van der Waals surface area contributed by atoms with Crippen molar-refractivity contribution < 1.29 is 0 Å². The standard InChI is InChI=1S/C55H32/c1-2-12-39-37(11-1)33-38-24-21-34(27-50(38)39)28-52-44-17-7-8-18-45(44)54-31-36(23-26-48(52)54)32-55-47-20-10-9-19-46(47)53-30-35(22-25-49(53)55)29-51-42-15-5-3-13-40(42)41-14-4-6-16-43(41)51/h1-32H/b52-28-,55-32+. The molecule has 0 aromatic heterocycles. The van der Waals surface area contributed by atoms with E-state index in [0.29, 0.717) is 0 Å². The van der Waals surface area contributed by atoms with E-state index in [1.807, 2.05) is 0 Å². The van der Waals surface area contributed by atoms with E-state index < -0.39 is 0 Å². The van der Waals surface area contributed by atoms with Gasteiger partial charge in [-0.3, -0.25) is 0 Å². The van der Waals surface area contributed by atoms with E-state index in [-0.39, 0.29) is 0 Å². The lowest BCUT2D eigenvalue weighted by molar-refractivity contribution is 1.53. The van der Waals surface area contributed by atoms with E-state index in [9.17, 15) is 0 Å². The van der Waals surface area contributed by atoms with Gasteiger partial charge in [0.2, 0.25) is 0 Å². The summed E-state index contributed by atoms with van der Waals surface area (Å²) in [5, 5.41) is 0. The predicted molar refractivity (Wildman–Crippen MR) is 230 cm³/mol. The molecule has 0 amide bonds. The monoisotopic (exact) mass is 692 g/mol. The lowest BCUT2D eigenvalue weighted by Gasteiger charge is -2.08. The fourth-order valence-corrected chi connectivity index (χ4v) is 9.39. The smallest absolute Gasteiger partial charge is 0.0514 e. The van der Waals surface area contributed by atoms with Crippen molar-refractivity contribution in [3.63, 3.8) is 0 Å². The van der Waals surface area contributed by atoms with Crippen molar-refractivity contribution in [2.24, 2.45) is 0 Å². The maximum Gasteiger partial charge on any atom is 0.0514 e. The van der Waals surface area contributed by atoms with E-state index >= 15 is 0 Å². The van der Waals surface area contributed by atoms with Crippen LogP contribution >= 0.6 is 0 Å². The largest absolute Gasteiger partial charge is 0.0619 e. The molecule has 0 N–H and O–H groups in total. The minimum Gasteiger partial charge on any atom is -0.0619 e. The van der Waals surface area contributed by atoms with Crippen LogP contribution in [-0.2, 0) is 0 Å². The van der Waals surface area contributed by atoms with Crippen molar-refractivity contribution in [1.29, 1.82) is 0 Å². The van der Waals surface area contributed by atoms with Gasteiger partial charge in [0, 0.05) is 0 Å². The van der Waals surface area contributed by atoms with Gasteiger partial charge in [-0.25, -0.2) is 0 Å². The van der Waals surface area contributed by atoms with Gasteiger partial charge in [0.1, 0.15) is 0 Å². The summed E-state index contributed by atoms with van der Waals surface area (Å²) in [5.41, 5.74) is 27.8. The third-order valence-electron chi connectivity index (χ3n) is 11.9. The fourth-order valence-electron chi connectivity index (χ4n) is 9.39. The zero-order chi connectivity index (χ0) is 36.0. The summed E-state index contributed by atoms with van der Waals surface area (Å²) in [7, 11) is 0. The van der Waals surface area contributed by atoms with Crippen LogP contribution in [0.4, 0.5) is 0 Å². The molecule has 2 radical (unpaired) electrons. The van der Waals surface area contributed by atoms with Crippen LogP contribution in [-0.4, -0.2) is 0 Å². The maximum absolute atomic E-state index is 3.57. The van der Waals surface area contributed by atoms with Crippen LogP contribution in [0.3, 0.4) is 0 Å². The first-order valence-electron chi connectivity index (χ1n) is 19.1. The second-order valence-corrected chi connectivity index (χ2v) is 14.9. The van der Waals surface area contributed by atoms with Gasteiger partial charge in [-0.15, -0.1) is 0 Å². The van der Waals surface area contributed by atoms with Crippen molar-refractivity contribution in [3.8, 4) is 44.5 Å². The molecule has 8 aromatic carbocycles. The Morgan fingerprint density at radius 3 is 1.00 bits per heavy atom. The van der Waals surface area contributed by atoms with Gasteiger partial charge in [-0.2, -0.15) is 0 Å². The second-order valence-electron chi connectivity index (χ2n) is 14.9. The summed E-state index contributed by atoms with van der Waals surface area (Å²) in [6.07, 6.45) is 10.7. The number of fused-ring (bicyclic) bond motifs is 12. The van der Waals surface area contributed by atoms with Crippen LogP contribution in [0.5, 0.6) is 0 Å². The molecule has 12 rings (SSSR count). The first kappa shape index (κ1) is 30.4. The molecule has 0 bridgehead atoms. The van der Waals surface area contributed by atoms with E-state index in [1.165, 1.54) is 122 Å². The zero-order valence-corrected chi connectivity index (χ0v) is 30.0. The zero-order valence-electron chi connectivity index (χ0n) is 30.0. The lowest BCUT2D eigenvalue weighted by atomic mass is 9.96. The van der Waals surface area contributed by atoms with Gasteiger partial charge in [0.05, 0.1) is 6.42 Å². The van der Waals surface area contributed by atoms with Crippen LogP contribution in [0, 0.1) is 6.42 Å². The van der Waals surface area contributed by atoms with Gasteiger partial charge in [-0.05, 0) is 159 Å².